The van der Waals surface area contributed by atoms with Crippen LogP contribution in [0.2, 0.25) is 0 Å². The fourth-order valence-corrected chi connectivity index (χ4v) is 3.69. The largest absolute Gasteiger partial charge is 0.316 e. The zero-order valence-electron chi connectivity index (χ0n) is 15.5. The Morgan fingerprint density at radius 1 is 1.10 bits per heavy atom. The van der Waals surface area contributed by atoms with Crippen LogP contribution in [0.5, 0.6) is 0 Å². The number of rotatable bonds is 9. The Kier molecular flexibility index (Phi) is 8.26. The van der Waals surface area contributed by atoms with Crippen LogP contribution in [0.25, 0.3) is 0 Å². The van der Waals surface area contributed by atoms with E-state index in [2.05, 4.69) is 51.8 Å². The molecule has 0 aromatic carbocycles. The second-order valence-corrected chi connectivity index (χ2v) is 8.43. The average molecular weight is 297 g/mol. The van der Waals surface area contributed by atoms with E-state index in [0.717, 1.165) is 24.3 Å². The summed E-state index contributed by atoms with van der Waals surface area (Å²) in [6.45, 7) is 20.2. The lowest BCUT2D eigenvalue weighted by atomic mass is 9.70. The van der Waals surface area contributed by atoms with Crippen LogP contribution in [0.15, 0.2) is 0 Å². The van der Waals surface area contributed by atoms with Gasteiger partial charge in [-0.3, -0.25) is 0 Å². The molecule has 0 aromatic rings. The molecule has 0 heterocycles. The first-order valence-corrected chi connectivity index (χ1v) is 9.30. The first-order valence-electron chi connectivity index (χ1n) is 9.30. The van der Waals surface area contributed by atoms with E-state index in [9.17, 15) is 0 Å². The Labute approximate surface area is 134 Å². The minimum atomic E-state index is 0.520. The molecule has 1 saturated carbocycles. The fraction of sp³-hybridized carbons (Fsp3) is 1.00. The van der Waals surface area contributed by atoms with Gasteiger partial charge in [-0.2, -0.15) is 0 Å². The molecule has 0 spiro atoms. The van der Waals surface area contributed by atoms with Crippen LogP contribution in [0.3, 0.4) is 0 Å². The highest BCUT2D eigenvalue weighted by Crippen LogP contribution is 2.39. The summed E-state index contributed by atoms with van der Waals surface area (Å²) >= 11 is 0. The molecule has 0 aliphatic heterocycles. The maximum atomic E-state index is 3.77. The lowest BCUT2D eigenvalue weighted by molar-refractivity contribution is 0.0823. The summed E-state index contributed by atoms with van der Waals surface area (Å²) in [7, 11) is 0. The lowest BCUT2D eigenvalue weighted by Gasteiger charge is -2.43. The first kappa shape index (κ1) is 19.0. The van der Waals surface area contributed by atoms with Gasteiger partial charge in [-0.1, -0.05) is 54.4 Å². The van der Waals surface area contributed by atoms with Crippen LogP contribution >= 0.6 is 0 Å². The molecule has 2 heteroatoms. The van der Waals surface area contributed by atoms with Gasteiger partial charge in [0, 0.05) is 19.6 Å². The Bertz CT molecular complexity index is 265. The van der Waals surface area contributed by atoms with Crippen molar-refractivity contribution in [1.29, 1.82) is 0 Å². The topological polar surface area (TPSA) is 15.3 Å². The molecular weight excluding hydrogens is 256 g/mol. The van der Waals surface area contributed by atoms with Gasteiger partial charge >= 0.3 is 0 Å². The fourth-order valence-electron chi connectivity index (χ4n) is 3.69. The smallest absolute Gasteiger partial charge is 0.00501 e. The molecule has 0 saturated heterocycles. The molecule has 0 unspecified atom stereocenters. The predicted octanol–water partition coefficient (Wildman–Crippen LogP) is 4.41. The van der Waals surface area contributed by atoms with Crippen molar-refractivity contribution in [1.82, 2.24) is 10.2 Å². The summed E-state index contributed by atoms with van der Waals surface area (Å²) in [5.74, 6) is 2.46. The van der Waals surface area contributed by atoms with E-state index in [4.69, 9.17) is 0 Å². The first-order chi connectivity index (χ1) is 9.87. The Morgan fingerprint density at radius 3 is 2.19 bits per heavy atom. The van der Waals surface area contributed by atoms with Gasteiger partial charge in [-0.25, -0.2) is 0 Å². The Hall–Kier alpha value is -0.0800. The van der Waals surface area contributed by atoms with Gasteiger partial charge in [0.25, 0.3) is 0 Å². The molecular formula is C19H40N2. The summed E-state index contributed by atoms with van der Waals surface area (Å²) in [6.07, 6.45) is 5.66. The summed E-state index contributed by atoms with van der Waals surface area (Å²) < 4.78 is 0. The third-order valence-electron chi connectivity index (χ3n) is 5.02. The summed E-state index contributed by atoms with van der Waals surface area (Å²) in [5.41, 5.74) is 0.520. The second kappa shape index (κ2) is 9.15. The van der Waals surface area contributed by atoms with E-state index in [1.54, 1.807) is 0 Å². The van der Waals surface area contributed by atoms with Crippen molar-refractivity contribution < 1.29 is 0 Å². The van der Waals surface area contributed by atoms with Gasteiger partial charge in [0.15, 0.2) is 0 Å². The van der Waals surface area contributed by atoms with Gasteiger partial charge in [0.2, 0.25) is 0 Å². The molecule has 0 amide bonds. The van der Waals surface area contributed by atoms with Gasteiger partial charge < -0.3 is 10.2 Å². The molecule has 0 bridgehead atoms. The number of nitrogens with zero attached hydrogens (tertiary/aromatic N) is 1. The van der Waals surface area contributed by atoms with Gasteiger partial charge in [0.05, 0.1) is 0 Å². The molecule has 21 heavy (non-hydrogen) atoms. The van der Waals surface area contributed by atoms with Crippen molar-refractivity contribution in [3.05, 3.63) is 0 Å². The van der Waals surface area contributed by atoms with Gasteiger partial charge in [-0.05, 0) is 49.1 Å². The molecule has 1 fully saturated rings. The monoisotopic (exact) mass is 296 g/mol. The van der Waals surface area contributed by atoms with Crippen LogP contribution < -0.4 is 5.32 Å². The molecule has 1 aliphatic rings. The number of hydrogen-bond acceptors (Lipinski definition) is 2. The van der Waals surface area contributed by atoms with E-state index in [1.807, 2.05) is 0 Å². The van der Waals surface area contributed by atoms with Crippen LogP contribution in [0.4, 0.5) is 0 Å². The van der Waals surface area contributed by atoms with Crippen LogP contribution in [0.1, 0.15) is 67.2 Å². The highest BCUT2D eigenvalue weighted by molar-refractivity contribution is 4.89. The SMILES string of the molecule is CCN(CC(C)C)CC1(CNCC(C)C)CCC(C)CC1. The summed E-state index contributed by atoms with van der Waals surface area (Å²) in [4.78, 5) is 2.69. The van der Waals surface area contributed by atoms with Crippen LogP contribution in [-0.4, -0.2) is 37.6 Å². The molecule has 1 rings (SSSR count). The molecule has 1 aliphatic carbocycles. The van der Waals surface area contributed by atoms with Crippen molar-refractivity contribution in [2.75, 3.05) is 32.7 Å². The van der Waals surface area contributed by atoms with E-state index in [0.29, 0.717) is 5.41 Å². The zero-order chi connectivity index (χ0) is 15.9. The standard InChI is InChI=1S/C19H40N2/c1-7-21(13-17(4)5)15-19(14-20-12-16(2)3)10-8-18(6)9-11-19/h16-18,20H,7-15H2,1-6H3. The van der Waals surface area contributed by atoms with Crippen molar-refractivity contribution in [2.24, 2.45) is 23.2 Å². The quantitative estimate of drug-likeness (QED) is 0.678. The maximum absolute atomic E-state index is 3.77. The average Bonchev–Trinajstić information content (AvgIpc) is 2.40. The van der Waals surface area contributed by atoms with E-state index < -0.39 is 0 Å². The maximum Gasteiger partial charge on any atom is 0.00501 e. The highest BCUT2D eigenvalue weighted by Gasteiger charge is 2.35. The minimum Gasteiger partial charge on any atom is -0.316 e. The van der Waals surface area contributed by atoms with Crippen molar-refractivity contribution in [3.63, 3.8) is 0 Å². The number of hydrogen-bond donors (Lipinski definition) is 1. The van der Waals surface area contributed by atoms with Crippen LogP contribution in [-0.2, 0) is 0 Å². The van der Waals surface area contributed by atoms with Crippen molar-refractivity contribution in [3.8, 4) is 0 Å². The molecule has 126 valence electrons. The molecule has 0 radical (unpaired) electrons. The van der Waals surface area contributed by atoms with E-state index in [1.165, 1.54) is 51.9 Å². The third kappa shape index (κ3) is 7.15. The third-order valence-corrected chi connectivity index (χ3v) is 5.02. The summed E-state index contributed by atoms with van der Waals surface area (Å²) in [6, 6.07) is 0. The van der Waals surface area contributed by atoms with Crippen molar-refractivity contribution in [2.45, 2.75) is 67.2 Å². The molecule has 0 aromatic heterocycles. The Morgan fingerprint density at radius 2 is 1.71 bits per heavy atom. The lowest BCUT2D eigenvalue weighted by Crippen LogP contribution is -2.47. The number of nitrogens with one attached hydrogen (secondary N) is 1. The summed E-state index contributed by atoms with van der Waals surface area (Å²) in [5, 5.41) is 3.77. The Balaban J connectivity index is 2.62. The van der Waals surface area contributed by atoms with Gasteiger partial charge in [0.1, 0.15) is 0 Å². The van der Waals surface area contributed by atoms with Crippen LogP contribution in [0, 0.1) is 23.2 Å². The van der Waals surface area contributed by atoms with E-state index in [-0.39, 0.29) is 0 Å². The predicted molar refractivity (Wildman–Crippen MR) is 94.7 cm³/mol. The minimum absolute atomic E-state index is 0.520. The normalized spacial score (nSPS) is 27.0. The molecule has 0 atom stereocenters. The highest BCUT2D eigenvalue weighted by atomic mass is 15.1. The zero-order valence-corrected chi connectivity index (χ0v) is 15.5. The van der Waals surface area contributed by atoms with Gasteiger partial charge in [-0.15, -0.1) is 0 Å². The van der Waals surface area contributed by atoms with E-state index >= 15 is 0 Å². The molecule has 2 nitrogen and oxygen atoms in total. The van der Waals surface area contributed by atoms with Crippen molar-refractivity contribution >= 4 is 0 Å². The molecule has 1 N–H and O–H groups in total. The second-order valence-electron chi connectivity index (χ2n) is 8.43.